The Morgan fingerprint density at radius 2 is 1.94 bits per heavy atom. The van der Waals surface area contributed by atoms with Crippen LogP contribution in [-0.2, 0) is 9.53 Å². The molecule has 0 spiro atoms. The minimum Gasteiger partial charge on any atom is -0.493 e. The number of carbonyl (C=O) groups excluding carboxylic acids is 2. The number of para-hydroxylation sites is 1. The second kappa shape index (κ2) is 11.2. The summed E-state index contributed by atoms with van der Waals surface area (Å²) >= 11 is 1.17. The van der Waals surface area contributed by atoms with E-state index in [1.165, 1.54) is 23.5 Å². The maximum absolute atomic E-state index is 12.6. The molecule has 9 heteroatoms. The van der Waals surface area contributed by atoms with Crippen LogP contribution in [0.3, 0.4) is 0 Å². The third kappa shape index (κ3) is 6.17. The van der Waals surface area contributed by atoms with Crippen LogP contribution in [0.5, 0.6) is 5.75 Å². The first-order valence-electron chi connectivity index (χ1n) is 10.4. The van der Waals surface area contributed by atoms with Gasteiger partial charge in [-0.05, 0) is 37.5 Å². The summed E-state index contributed by atoms with van der Waals surface area (Å²) in [5.74, 6) is -0.0813. The second-order valence-electron chi connectivity index (χ2n) is 7.15. The molecule has 3 rings (SSSR count). The number of benzene rings is 2. The predicted octanol–water partition coefficient (Wildman–Crippen LogP) is 5.61. The number of non-ortho nitro benzene ring substituents is 1. The minimum absolute atomic E-state index is 0.0900. The molecule has 3 aromatic rings. The highest BCUT2D eigenvalue weighted by molar-refractivity contribution is 7.15. The maximum Gasteiger partial charge on any atom is 0.341 e. The number of nitro groups is 1. The average Bonchev–Trinajstić information content (AvgIpc) is 3.21. The number of nitro benzene ring substituents is 1. The molecule has 8 nitrogen and oxygen atoms in total. The van der Waals surface area contributed by atoms with Crippen LogP contribution < -0.4 is 10.1 Å². The molecule has 0 aliphatic rings. The van der Waals surface area contributed by atoms with Gasteiger partial charge in [0.25, 0.3) is 5.69 Å². The topological polar surface area (TPSA) is 108 Å². The average molecular weight is 469 g/mol. The van der Waals surface area contributed by atoms with Crippen molar-refractivity contribution >= 4 is 33.9 Å². The molecule has 33 heavy (non-hydrogen) atoms. The van der Waals surface area contributed by atoms with Crippen LogP contribution in [0.4, 0.5) is 10.7 Å². The summed E-state index contributed by atoms with van der Waals surface area (Å²) in [7, 11) is 0. The van der Waals surface area contributed by atoms with E-state index in [2.05, 4.69) is 5.32 Å². The van der Waals surface area contributed by atoms with Gasteiger partial charge in [0.1, 0.15) is 16.3 Å². The van der Waals surface area contributed by atoms with E-state index < -0.39 is 10.9 Å². The Kier molecular flexibility index (Phi) is 8.15. The number of amides is 1. The molecular formula is C24H24N2O6S. The molecule has 1 aromatic heterocycles. The van der Waals surface area contributed by atoms with Gasteiger partial charge in [-0.1, -0.05) is 30.3 Å². The van der Waals surface area contributed by atoms with Crippen LogP contribution in [0.25, 0.3) is 11.1 Å². The standard InChI is InChI=1S/C24H24N2O6S/c1-3-31-24(28)22-19(17-9-6-10-18(14-17)26(29)30)15-33-23(22)25-21(27)12-7-13-32-20-11-5-4-8-16(20)2/h4-6,8-11,14-15H,3,7,12-13H2,1-2H3,(H,25,27). The number of ether oxygens (including phenoxy) is 2. The molecule has 0 bridgehead atoms. The number of carbonyl (C=O) groups is 2. The van der Waals surface area contributed by atoms with Crippen LogP contribution in [0.2, 0.25) is 0 Å². The van der Waals surface area contributed by atoms with Crippen molar-refractivity contribution in [3.05, 3.63) is 75.2 Å². The van der Waals surface area contributed by atoms with Crippen molar-refractivity contribution in [1.82, 2.24) is 0 Å². The van der Waals surface area contributed by atoms with E-state index in [1.54, 1.807) is 24.4 Å². The molecule has 0 radical (unpaired) electrons. The first-order chi connectivity index (χ1) is 15.9. The summed E-state index contributed by atoms with van der Waals surface area (Å²) in [6.07, 6.45) is 0.705. The number of nitrogens with one attached hydrogen (secondary N) is 1. The molecule has 0 atom stereocenters. The van der Waals surface area contributed by atoms with E-state index >= 15 is 0 Å². The van der Waals surface area contributed by atoms with Gasteiger partial charge in [-0.15, -0.1) is 11.3 Å². The van der Waals surface area contributed by atoms with E-state index in [1.807, 2.05) is 31.2 Å². The van der Waals surface area contributed by atoms with Crippen molar-refractivity contribution in [2.45, 2.75) is 26.7 Å². The Morgan fingerprint density at radius 1 is 1.15 bits per heavy atom. The van der Waals surface area contributed by atoms with Crippen molar-refractivity contribution in [3.8, 4) is 16.9 Å². The van der Waals surface area contributed by atoms with Crippen molar-refractivity contribution in [1.29, 1.82) is 0 Å². The van der Waals surface area contributed by atoms with Gasteiger partial charge < -0.3 is 14.8 Å². The Bertz CT molecular complexity index is 1160. The third-order valence-electron chi connectivity index (χ3n) is 4.79. The first-order valence-corrected chi connectivity index (χ1v) is 11.3. The fourth-order valence-electron chi connectivity index (χ4n) is 3.18. The fourth-order valence-corrected chi connectivity index (χ4v) is 4.15. The first kappa shape index (κ1) is 23.9. The monoisotopic (exact) mass is 468 g/mol. The number of hydrogen-bond donors (Lipinski definition) is 1. The summed E-state index contributed by atoms with van der Waals surface area (Å²) in [5.41, 5.74) is 2.09. The lowest BCUT2D eigenvalue weighted by atomic mass is 10.0. The van der Waals surface area contributed by atoms with Crippen LogP contribution in [0.1, 0.15) is 35.7 Å². The lowest BCUT2D eigenvalue weighted by Gasteiger charge is -2.10. The molecule has 0 aliphatic carbocycles. The molecule has 1 heterocycles. The van der Waals surface area contributed by atoms with Gasteiger partial charge in [0.05, 0.1) is 18.1 Å². The summed E-state index contributed by atoms with van der Waals surface area (Å²) in [4.78, 5) is 35.8. The number of thiophene rings is 1. The molecule has 0 unspecified atom stereocenters. The zero-order chi connectivity index (χ0) is 23.8. The summed E-state index contributed by atoms with van der Waals surface area (Å²) in [6, 6.07) is 13.6. The zero-order valence-corrected chi connectivity index (χ0v) is 19.1. The zero-order valence-electron chi connectivity index (χ0n) is 18.3. The molecule has 1 N–H and O–H groups in total. The van der Waals surface area contributed by atoms with E-state index in [0.29, 0.717) is 29.2 Å². The van der Waals surface area contributed by atoms with E-state index in [4.69, 9.17) is 9.47 Å². The van der Waals surface area contributed by atoms with Gasteiger partial charge in [-0.2, -0.15) is 0 Å². The molecule has 1 amide bonds. The van der Waals surface area contributed by atoms with E-state index in [9.17, 15) is 19.7 Å². The molecule has 0 saturated carbocycles. The lowest BCUT2D eigenvalue weighted by Crippen LogP contribution is -2.15. The highest BCUT2D eigenvalue weighted by Gasteiger charge is 2.23. The molecule has 0 aliphatic heterocycles. The van der Waals surface area contributed by atoms with Crippen molar-refractivity contribution in [3.63, 3.8) is 0 Å². The van der Waals surface area contributed by atoms with Crippen molar-refractivity contribution in [2.24, 2.45) is 0 Å². The van der Waals surface area contributed by atoms with Crippen molar-refractivity contribution < 1.29 is 24.0 Å². The molecule has 2 aromatic carbocycles. The second-order valence-corrected chi connectivity index (χ2v) is 8.03. The number of hydrogen-bond acceptors (Lipinski definition) is 7. The smallest absolute Gasteiger partial charge is 0.341 e. The van der Waals surface area contributed by atoms with Crippen LogP contribution in [0, 0.1) is 17.0 Å². The predicted molar refractivity (Wildman–Crippen MR) is 127 cm³/mol. The van der Waals surface area contributed by atoms with Crippen LogP contribution in [0.15, 0.2) is 53.9 Å². The number of rotatable bonds is 10. The van der Waals surface area contributed by atoms with Gasteiger partial charge in [0.15, 0.2) is 0 Å². The molecule has 0 saturated heterocycles. The molecular weight excluding hydrogens is 444 g/mol. The van der Waals surface area contributed by atoms with E-state index in [-0.39, 0.29) is 30.2 Å². The summed E-state index contributed by atoms with van der Waals surface area (Å²) in [5, 5.41) is 15.9. The normalized spacial score (nSPS) is 10.5. The van der Waals surface area contributed by atoms with Crippen LogP contribution >= 0.6 is 11.3 Å². The van der Waals surface area contributed by atoms with E-state index in [0.717, 1.165) is 11.3 Å². The van der Waals surface area contributed by atoms with Gasteiger partial charge in [0.2, 0.25) is 5.91 Å². The van der Waals surface area contributed by atoms with Gasteiger partial charge in [0, 0.05) is 29.5 Å². The Labute approximate surface area is 195 Å². The van der Waals surface area contributed by atoms with Crippen LogP contribution in [-0.4, -0.2) is 30.0 Å². The maximum atomic E-state index is 12.6. The fraction of sp³-hybridized carbons (Fsp3) is 0.250. The number of esters is 1. The SMILES string of the molecule is CCOC(=O)c1c(-c2cccc([N+](=O)[O-])c2)csc1NC(=O)CCCOc1ccccc1C. The number of anilines is 1. The Hall–Kier alpha value is -3.72. The highest BCUT2D eigenvalue weighted by Crippen LogP contribution is 2.37. The highest BCUT2D eigenvalue weighted by atomic mass is 32.1. The largest absolute Gasteiger partial charge is 0.493 e. The quantitative estimate of drug-likeness (QED) is 0.179. The Morgan fingerprint density at radius 3 is 2.67 bits per heavy atom. The molecule has 172 valence electrons. The Balaban J connectivity index is 1.71. The minimum atomic E-state index is -0.599. The number of nitrogens with zero attached hydrogens (tertiary/aromatic N) is 1. The van der Waals surface area contributed by atoms with Crippen molar-refractivity contribution in [2.75, 3.05) is 18.5 Å². The lowest BCUT2D eigenvalue weighted by molar-refractivity contribution is -0.384. The summed E-state index contributed by atoms with van der Waals surface area (Å²) < 4.78 is 10.9. The molecule has 0 fully saturated rings. The summed E-state index contributed by atoms with van der Waals surface area (Å²) in [6.45, 7) is 4.18. The van der Waals surface area contributed by atoms with Gasteiger partial charge in [-0.25, -0.2) is 4.79 Å². The third-order valence-corrected chi connectivity index (χ3v) is 5.69. The number of aryl methyl sites for hydroxylation is 1. The van der Waals surface area contributed by atoms with Gasteiger partial charge in [-0.3, -0.25) is 14.9 Å². The van der Waals surface area contributed by atoms with Gasteiger partial charge >= 0.3 is 5.97 Å².